The second-order valence-corrected chi connectivity index (χ2v) is 9.17. The highest BCUT2D eigenvalue weighted by atomic mass is 32.2. The van der Waals surface area contributed by atoms with Crippen LogP contribution in [-0.2, 0) is 20.8 Å². The summed E-state index contributed by atoms with van der Waals surface area (Å²) in [5.74, 6) is -0.739. The summed E-state index contributed by atoms with van der Waals surface area (Å²) in [6.45, 7) is 5.18. The van der Waals surface area contributed by atoms with Crippen molar-refractivity contribution >= 4 is 21.6 Å². The largest absolute Gasteiger partial charge is 0.416 e. The molecule has 1 heterocycles. The molecule has 2 aromatic rings. The topological polar surface area (TPSA) is 81.1 Å². The molecule has 0 saturated heterocycles. The maximum Gasteiger partial charge on any atom is 0.416 e. The first-order chi connectivity index (χ1) is 12.9. The van der Waals surface area contributed by atoms with Crippen LogP contribution in [0.15, 0.2) is 30.3 Å². The zero-order valence-electron chi connectivity index (χ0n) is 15.7. The van der Waals surface area contributed by atoms with Crippen LogP contribution in [-0.4, -0.2) is 35.6 Å². The van der Waals surface area contributed by atoms with Gasteiger partial charge in [0.1, 0.15) is 5.82 Å². The fourth-order valence-corrected chi connectivity index (χ4v) is 4.32. The number of amides is 1. The Labute approximate surface area is 161 Å². The molecular weight excluding hydrogens is 395 g/mol. The van der Waals surface area contributed by atoms with Gasteiger partial charge in [-0.25, -0.2) is 13.1 Å². The predicted molar refractivity (Wildman–Crippen MR) is 100 cm³/mol. The molecule has 0 aliphatic carbocycles. The molecule has 0 saturated carbocycles. The second kappa shape index (κ2) is 8.34. The van der Waals surface area contributed by atoms with Gasteiger partial charge in [-0.1, -0.05) is 19.9 Å². The number of nitrogens with zero attached hydrogens (tertiary/aromatic N) is 2. The Morgan fingerprint density at radius 3 is 2.54 bits per heavy atom. The average Bonchev–Trinajstić information content (AvgIpc) is 2.91. The van der Waals surface area contributed by atoms with Crippen LogP contribution in [0.2, 0.25) is 0 Å². The first kappa shape index (κ1) is 21.9. The number of rotatable bonds is 7. The minimum absolute atomic E-state index is 0.0123. The molecule has 0 atom stereocenters. The Bertz CT molecular complexity index is 950. The Morgan fingerprint density at radius 2 is 1.93 bits per heavy atom. The van der Waals surface area contributed by atoms with Gasteiger partial charge in [-0.15, -0.1) is 0 Å². The number of hydrogen-bond acceptors (Lipinski definition) is 4. The third kappa shape index (κ3) is 6.08. The van der Waals surface area contributed by atoms with Crippen LogP contribution in [0.5, 0.6) is 0 Å². The third-order valence-corrected chi connectivity index (χ3v) is 5.75. The minimum Gasteiger partial charge on any atom is -0.311 e. The van der Waals surface area contributed by atoms with E-state index in [1.54, 1.807) is 20.8 Å². The average molecular weight is 417 g/mol. The van der Waals surface area contributed by atoms with Crippen molar-refractivity contribution in [1.82, 2.24) is 9.78 Å². The number of aryl methyl sites for hydroxylation is 1. The van der Waals surface area contributed by atoms with Gasteiger partial charge in [-0.3, -0.25) is 4.79 Å². The summed E-state index contributed by atoms with van der Waals surface area (Å²) >= 11 is 0. The first-order valence-corrected chi connectivity index (χ1v) is 10.4. The van der Waals surface area contributed by atoms with E-state index in [1.165, 1.54) is 22.9 Å². The van der Waals surface area contributed by atoms with E-state index in [2.05, 4.69) is 10.4 Å². The molecule has 6 nitrogen and oxygen atoms in total. The third-order valence-electron chi connectivity index (χ3n) is 3.74. The van der Waals surface area contributed by atoms with Crippen LogP contribution in [0, 0.1) is 12.8 Å². The molecule has 10 heteroatoms. The first-order valence-electron chi connectivity index (χ1n) is 8.62. The van der Waals surface area contributed by atoms with Crippen LogP contribution >= 0.6 is 0 Å². The van der Waals surface area contributed by atoms with Gasteiger partial charge in [0.05, 0.1) is 28.5 Å². The molecule has 0 radical (unpaired) electrons. The summed E-state index contributed by atoms with van der Waals surface area (Å²) in [6, 6.07) is 6.05. The Morgan fingerprint density at radius 1 is 1.25 bits per heavy atom. The van der Waals surface area contributed by atoms with Crippen LogP contribution in [0.1, 0.15) is 31.5 Å². The zero-order chi connectivity index (χ0) is 21.1. The summed E-state index contributed by atoms with van der Waals surface area (Å²) in [7, 11) is -3.36. The number of carbonyl (C=O) groups excluding carboxylic acids is 1. The number of carbonyl (C=O) groups is 1. The van der Waals surface area contributed by atoms with Crippen molar-refractivity contribution < 1.29 is 26.4 Å². The van der Waals surface area contributed by atoms with Gasteiger partial charge in [0.25, 0.3) is 0 Å². The van der Waals surface area contributed by atoms with Crippen LogP contribution < -0.4 is 5.32 Å². The molecule has 0 aliphatic heterocycles. The number of alkyl halides is 3. The van der Waals surface area contributed by atoms with Gasteiger partial charge in [0.15, 0.2) is 9.84 Å². The van der Waals surface area contributed by atoms with E-state index in [9.17, 15) is 26.4 Å². The highest BCUT2D eigenvalue weighted by molar-refractivity contribution is 7.91. The molecule has 154 valence electrons. The lowest BCUT2D eigenvalue weighted by atomic mass is 10.2. The molecular formula is C18H22F3N3O3S. The van der Waals surface area contributed by atoms with Crippen molar-refractivity contribution in [3.63, 3.8) is 0 Å². The summed E-state index contributed by atoms with van der Waals surface area (Å²) in [5, 5.41) is 6.65. The highest BCUT2D eigenvalue weighted by Crippen LogP contribution is 2.31. The molecule has 0 aliphatic rings. The molecule has 1 amide bonds. The van der Waals surface area contributed by atoms with E-state index in [-0.39, 0.29) is 35.3 Å². The number of halogens is 3. The van der Waals surface area contributed by atoms with Gasteiger partial charge < -0.3 is 5.32 Å². The summed E-state index contributed by atoms with van der Waals surface area (Å²) in [5.41, 5.74) is -0.221. The Balaban J connectivity index is 2.18. The SMILES string of the molecule is Cc1cc(NC(=O)CCS(=O)(=O)CC(C)C)n(-c2cccc(C(F)(F)F)c2)n1. The molecule has 0 unspecified atom stereocenters. The fourth-order valence-electron chi connectivity index (χ4n) is 2.64. The second-order valence-electron chi connectivity index (χ2n) is 6.94. The zero-order valence-corrected chi connectivity index (χ0v) is 16.6. The molecule has 0 spiro atoms. The number of aromatic nitrogens is 2. The highest BCUT2D eigenvalue weighted by Gasteiger charge is 2.30. The van der Waals surface area contributed by atoms with Crippen molar-refractivity contribution in [3.8, 4) is 5.69 Å². The van der Waals surface area contributed by atoms with E-state index in [0.29, 0.717) is 5.69 Å². The van der Waals surface area contributed by atoms with Crippen molar-refractivity contribution in [2.75, 3.05) is 16.8 Å². The van der Waals surface area contributed by atoms with Gasteiger partial charge >= 0.3 is 6.18 Å². The van der Waals surface area contributed by atoms with E-state index in [0.717, 1.165) is 12.1 Å². The lowest BCUT2D eigenvalue weighted by Crippen LogP contribution is -2.22. The summed E-state index contributed by atoms with van der Waals surface area (Å²) in [4.78, 5) is 12.2. The summed E-state index contributed by atoms with van der Waals surface area (Å²) < 4.78 is 63.9. The monoisotopic (exact) mass is 417 g/mol. The smallest absolute Gasteiger partial charge is 0.311 e. The number of hydrogen-bond donors (Lipinski definition) is 1. The van der Waals surface area contributed by atoms with E-state index < -0.39 is 27.5 Å². The van der Waals surface area contributed by atoms with E-state index in [4.69, 9.17) is 0 Å². The van der Waals surface area contributed by atoms with Crippen molar-refractivity contribution in [2.24, 2.45) is 5.92 Å². The maximum atomic E-state index is 12.9. The molecule has 2 rings (SSSR count). The normalized spacial score (nSPS) is 12.4. The Hall–Kier alpha value is -2.36. The van der Waals surface area contributed by atoms with Crippen molar-refractivity contribution in [2.45, 2.75) is 33.4 Å². The van der Waals surface area contributed by atoms with E-state index >= 15 is 0 Å². The van der Waals surface area contributed by atoms with Crippen LogP contribution in [0.3, 0.4) is 0 Å². The van der Waals surface area contributed by atoms with Gasteiger partial charge in [-0.2, -0.15) is 18.3 Å². The fraction of sp³-hybridized carbons (Fsp3) is 0.444. The molecule has 0 bridgehead atoms. The van der Waals surface area contributed by atoms with Crippen LogP contribution in [0.4, 0.5) is 19.0 Å². The van der Waals surface area contributed by atoms with Crippen molar-refractivity contribution in [1.29, 1.82) is 0 Å². The maximum absolute atomic E-state index is 12.9. The quantitative estimate of drug-likeness (QED) is 0.746. The van der Waals surface area contributed by atoms with Crippen LogP contribution in [0.25, 0.3) is 5.69 Å². The minimum atomic E-state index is -4.51. The number of anilines is 1. The standard InChI is InChI=1S/C18H22F3N3O3S/c1-12(2)11-28(26,27)8-7-17(25)22-16-9-13(3)23-24(16)15-6-4-5-14(10-15)18(19,20)21/h4-6,9-10,12H,7-8,11H2,1-3H3,(H,22,25). The molecule has 1 aromatic carbocycles. The van der Waals surface area contributed by atoms with Gasteiger partial charge in [0.2, 0.25) is 5.91 Å². The number of benzene rings is 1. The number of sulfone groups is 1. The van der Waals surface area contributed by atoms with Gasteiger partial charge in [0, 0.05) is 12.5 Å². The molecule has 1 N–H and O–H groups in total. The molecule has 1 aromatic heterocycles. The lowest BCUT2D eigenvalue weighted by Gasteiger charge is -2.12. The molecule has 28 heavy (non-hydrogen) atoms. The van der Waals surface area contributed by atoms with E-state index in [1.807, 2.05) is 0 Å². The summed E-state index contributed by atoms with van der Waals surface area (Å²) in [6.07, 6.45) is -4.76. The predicted octanol–water partition coefficient (Wildman–Crippen LogP) is 3.60. The lowest BCUT2D eigenvalue weighted by molar-refractivity contribution is -0.137. The van der Waals surface area contributed by atoms with Crippen molar-refractivity contribution in [3.05, 3.63) is 41.6 Å². The van der Waals surface area contributed by atoms with Gasteiger partial charge in [-0.05, 0) is 31.0 Å². The Kier molecular flexibility index (Phi) is 6.53. The molecule has 0 fully saturated rings. The number of nitrogens with one attached hydrogen (secondary N) is 1.